The van der Waals surface area contributed by atoms with E-state index in [1.165, 1.54) is 12.1 Å². The molecule has 0 aliphatic rings. The van der Waals surface area contributed by atoms with Crippen molar-refractivity contribution >= 4 is 51.5 Å². The largest absolute Gasteiger partial charge is 0.496 e. The van der Waals surface area contributed by atoms with Crippen LogP contribution in [0.4, 0.5) is 5.13 Å². The molecule has 0 fully saturated rings. The van der Waals surface area contributed by atoms with E-state index in [2.05, 4.69) is 15.6 Å². The molecule has 0 atom stereocenters. The zero-order chi connectivity index (χ0) is 20.1. The SMILES string of the molecule is COc1ccccc1CNC(=O)c1csc(NC(=O)c2ccc(Cl)c(Cl)c2)n1. The average molecular weight is 436 g/mol. The standard InChI is InChI=1S/C19H15Cl2N3O3S/c1-27-16-5-3-2-4-12(16)9-22-18(26)15-10-28-19(23-15)24-17(25)11-6-7-13(20)14(21)8-11/h2-8,10H,9H2,1H3,(H,22,26)(H,23,24,25). The Labute approximate surface area is 175 Å². The molecule has 0 unspecified atom stereocenters. The van der Waals surface area contributed by atoms with E-state index in [1.807, 2.05) is 24.3 Å². The van der Waals surface area contributed by atoms with Gasteiger partial charge in [-0.2, -0.15) is 0 Å². The highest BCUT2D eigenvalue weighted by Gasteiger charge is 2.14. The third-order valence-electron chi connectivity index (χ3n) is 3.77. The lowest BCUT2D eigenvalue weighted by atomic mass is 10.2. The Balaban J connectivity index is 1.62. The fraction of sp³-hybridized carbons (Fsp3) is 0.105. The monoisotopic (exact) mass is 435 g/mol. The van der Waals surface area contributed by atoms with Crippen LogP contribution in [0.2, 0.25) is 10.0 Å². The number of aromatic nitrogens is 1. The van der Waals surface area contributed by atoms with Crippen molar-refractivity contribution in [2.75, 3.05) is 12.4 Å². The van der Waals surface area contributed by atoms with Crippen LogP contribution in [0.1, 0.15) is 26.4 Å². The predicted molar refractivity (Wildman–Crippen MR) is 111 cm³/mol. The van der Waals surface area contributed by atoms with Gasteiger partial charge >= 0.3 is 0 Å². The Kier molecular flexibility index (Phi) is 6.51. The van der Waals surface area contributed by atoms with Crippen molar-refractivity contribution in [3.8, 4) is 5.75 Å². The number of thiazole rings is 1. The number of para-hydroxylation sites is 1. The fourth-order valence-electron chi connectivity index (χ4n) is 2.36. The van der Waals surface area contributed by atoms with E-state index in [4.69, 9.17) is 27.9 Å². The summed E-state index contributed by atoms with van der Waals surface area (Å²) in [6.45, 7) is 0.297. The molecular formula is C19H15Cl2N3O3S. The van der Waals surface area contributed by atoms with Crippen molar-refractivity contribution in [3.63, 3.8) is 0 Å². The number of carbonyl (C=O) groups excluding carboxylic acids is 2. The minimum atomic E-state index is -0.395. The Morgan fingerprint density at radius 1 is 1.11 bits per heavy atom. The summed E-state index contributed by atoms with van der Waals surface area (Å²) in [5, 5.41) is 7.94. The lowest BCUT2D eigenvalue weighted by Gasteiger charge is -2.08. The fourth-order valence-corrected chi connectivity index (χ4v) is 3.34. The molecule has 6 nitrogen and oxygen atoms in total. The zero-order valence-corrected chi connectivity index (χ0v) is 17.0. The highest BCUT2D eigenvalue weighted by molar-refractivity contribution is 7.14. The van der Waals surface area contributed by atoms with Crippen LogP contribution in [0, 0.1) is 0 Å². The number of anilines is 1. The second-order valence-electron chi connectivity index (χ2n) is 5.62. The number of carbonyl (C=O) groups is 2. The quantitative estimate of drug-likeness (QED) is 0.590. The van der Waals surface area contributed by atoms with Gasteiger partial charge in [-0.3, -0.25) is 14.9 Å². The number of nitrogens with one attached hydrogen (secondary N) is 2. The molecule has 144 valence electrons. The normalized spacial score (nSPS) is 10.4. The van der Waals surface area contributed by atoms with Crippen LogP contribution >= 0.6 is 34.5 Å². The van der Waals surface area contributed by atoms with E-state index in [0.717, 1.165) is 16.9 Å². The van der Waals surface area contributed by atoms with E-state index in [-0.39, 0.29) is 16.6 Å². The first-order valence-electron chi connectivity index (χ1n) is 8.10. The highest BCUT2D eigenvalue weighted by atomic mass is 35.5. The summed E-state index contributed by atoms with van der Waals surface area (Å²) in [4.78, 5) is 28.7. The van der Waals surface area contributed by atoms with Gasteiger partial charge in [0.2, 0.25) is 0 Å². The number of methoxy groups -OCH3 is 1. The number of amides is 2. The van der Waals surface area contributed by atoms with E-state index in [1.54, 1.807) is 18.6 Å². The first kappa shape index (κ1) is 20.1. The van der Waals surface area contributed by atoms with Gasteiger partial charge in [-0.05, 0) is 24.3 Å². The molecule has 1 heterocycles. The zero-order valence-electron chi connectivity index (χ0n) is 14.7. The van der Waals surface area contributed by atoms with Crippen molar-refractivity contribution in [2.45, 2.75) is 6.54 Å². The van der Waals surface area contributed by atoms with Crippen LogP contribution in [0.25, 0.3) is 0 Å². The summed E-state index contributed by atoms with van der Waals surface area (Å²) in [6.07, 6.45) is 0. The van der Waals surface area contributed by atoms with Gasteiger partial charge in [0.15, 0.2) is 5.13 Å². The molecule has 1 aromatic heterocycles. The summed E-state index contributed by atoms with van der Waals surface area (Å²) in [7, 11) is 1.57. The van der Waals surface area contributed by atoms with Gasteiger partial charge in [-0.15, -0.1) is 11.3 Å². The Morgan fingerprint density at radius 3 is 2.64 bits per heavy atom. The molecule has 0 bridgehead atoms. The van der Waals surface area contributed by atoms with Crippen molar-refractivity contribution in [1.82, 2.24) is 10.3 Å². The van der Waals surface area contributed by atoms with Crippen LogP contribution in [0.3, 0.4) is 0 Å². The second-order valence-corrected chi connectivity index (χ2v) is 7.29. The van der Waals surface area contributed by atoms with Crippen LogP contribution < -0.4 is 15.4 Å². The number of nitrogens with zero attached hydrogens (tertiary/aromatic N) is 1. The number of ether oxygens (including phenoxy) is 1. The van der Waals surface area contributed by atoms with Gasteiger partial charge in [0, 0.05) is 23.1 Å². The Morgan fingerprint density at radius 2 is 1.89 bits per heavy atom. The molecule has 0 radical (unpaired) electrons. The number of halogens is 2. The molecule has 3 rings (SSSR count). The van der Waals surface area contributed by atoms with Crippen molar-refractivity contribution in [1.29, 1.82) is 0 Å². The van der Waals surface area contributed by atoms with Crippen LogP contribution in [0.5, 0.6) is 5.75 Å². The number of benzene rings is 2. The molecule has 2 aromatic carbocycles. The van der Waals surface area contributed by atoms with Gasteiger partial charge in [0.1, 0.15) is 11.4 Å². The molecule has 2 N–H and O–H groups in total. The van der Waals surface area contributed by atoms with Crippen LogP contribution in [-0.4, -0.2) is 23.9 Å². The van der Waals surface area contributed by atoms with Crippen LogP contribution in [0.15, 0.2) is 47.8 Å². The molecule has 28 heavy (non-hydrogen) atoms. The molecule has 0 aliphatic heterocycles. The van der Waals surface area contributed by atoms with Gasteiger partial charge < -0.3 is 10.1 Å². The van der Waals surface area contributed by atoms with Crippen molar-refractivity contribution in [3.05, 3.63) is 74.7 Å². The third kappa shape index (κ3) is 4.81. The maximum absolute atomic E-state index is 12.3. The summed E-state index contributed by atoms with van der Waals surface area (Å²) in [5.41, 5.74) is 1.40. The topological polar surface area (TPSA) is 80.3 Å². The summed E-state index contributed by atoms with van der Waals surface area (Å²) in [5.74, 6) is -0.0539. The maximum Gasteiger partial charge on any atom is 0.271 e. The lowest BCUT2D eigenvalue weighted by Crippen LogP contribution is -2.23. The van der Waals surface area contributed by atoms with Gasteiger partial charge in [-0.25, -0.2) is 4.98 Å². The number of hydrogen-bond acceptors (Lipinski definition) is 5. The third-order valence-corrected chi connectivity index (χ3v) is 5.27. The number of hydrogen-bond donors (Lipinski definition) is 2. The molecule has 0 aliphatic carbocycles. The lowest BCUT2D eigenvalue weighted by molar-refractivity contribution is 0.0945. The Hall–Kier alpha value is -2.61. The van der Waals surface area contributed by atoms with E-state index in [9.17, 15) is 9.59 Å². The van der Waals surface area contributed by atoms with Gasteiger partial charge in [0.25, 0.3) is 11.8 Å². The van der Waals surface area contributed by atoms with Crippen molar-refractivity contribution in [2.24, 2.45) is 0 Å². The maximum atomic E-state index is 12.3. The van der Waals surface area contributed by atoms with Crippen molar-refractivity contribution < 1.29 is 14.3 Å². The first-order chi connectivity index (χ1) is 13.5. The van der Waals surface area contributed by atoms with E-state index < -0.39 is 5.91 Å². The smallest absolute Gasteiger partial charge is 0.271 e. The minimum Gasteiger partial charge on any atom is -0.496 e. The van der Waals surface area contributed by atoms with Crippen LogP contribution in [-0.2, 0) is 6.54 Å². The minimum absolute atomic E-state index is 0.212. The average Bonchev–Trinajstić information content (AvgIpc) is 3.17. The predicted octanol–water partition coefficient (Wildman–Crippen LogP) is 4.64. The summed E-state index contributed by atoms with van der Waals surface area (Å²) in [6, 6.07) is 12.0. The molecular weight excluding hydrogens is 421 g/mol. The molecule has 3 aromatic rings. The van der Waals surface area contributed by atoms with Gasteiger partial charge in [0.05, 0.1) is 17.2 Å². The first-order valence-corrected chi connectivity index (χ1v) is 9.73. The summed E-state index contributed by atoms with van der Waals surface area (Å²) < 4.78 is 5.26. The van der Waals surface area contributed by atoms with E-state index in [0.29, 0.717) is 28.0 Å². The van der Waals surface area contributed by atoms with Gasteiger partial charge in [-0.1, -0.05) is 41.4 Å². The Bertz CT molecular complexity index is 1020. The molecule has 0 saturated heterocycles. The molecule has 0 saturated carbocycles. The molecule has 2 amide bonds. The second kappa shape index (κ2) is 9.05. The molecule has 9 heteroatoms. The van der Waals surface area contributed by atoms with E-state index >= 15 is 0 Å². The molecule has 0 spiro atoms. The summed E-state index contributed by atoms with van der Waals surface area (Å²) >= 11 is 12.9. The highest BCUT2D eigenvalue weighted by Crippen LogP contribution is 2.24. The number of rotatable bonds is 6.